The topological polar surface area (TPSA) is 90.0 Å². The summed E-state index contributed by atoms with van der Waals surface area (Å²) in [5.74, 6) is 0.508. The first kappa shape index (κ1) is 16.6. The molecule has 0 atom stereocenters. The van der Waals surface area contributed by atoms with Gasteiger partial charge in [-0.25, -0.2) is 4.98 Å². The molecule has 2 aromatic heterocycles. The first-order valence-electron chi connectivity index (χ1n) is 8.39. The van der Waals surface area contributed by atoms with E-state index < -0.39 is 0 Å². The molecule has 1 saturated heterocycles. The van der Waals surface area contributed by atoms with Crippen molar-refractivity contribution >= 4 is 40.2 Å². The summed E-state index contributed by atoms with van der Waals surface area (Å²) in [6.45, 7) is 3.17. The Hall–Kier alpha value is -2.87. The van der Waals surface area contributed by atoms with Crippen molar-refractivity contribution in [1.82, 2.24) is 24.8 Å². The zero-order valence-corrected chi connectivity index (χ0v) is 14.8. The number of carbonyl (C=O) groups excluding carboxylic acids is 1. The number of hydrogen-bond donors (Lipinski definition) is 2. The summed E-state index contributed by atoms with van der Waals surface area (Å²) in [6, 6.07) is 10.2. The zero-order valence-electron chi connectivity index (χ0n) is 14.0. The van der Waals surface area contributed by atoms with Gasteiger partial charge in [0, 0.05) is 31.9 Å². The number of H-pyrrole nitrogens is 1. The number of hydrogen-bond acceptors (Lipinski definition) is 6. The minimum atomic E-state index is 0.0279. The third-order valence-corrected chi connectivity index (χ3v) is 4.59. The molecule has 9 heteroatoms. The SMILES string of the molecule is O=C(CNc1nc(Cl)nc2nc[nH]c12)N1CCN(c2ccccc2)CC1. The highest BCUT2D eigenvalue weighted by Crippen LogP contribution is 2.19. The molecule has 0 spiro atoms. The molecule has 8 nitrogen and oxygen atoms in total. The summed E-state index contributed by atoms with van der Waals surface area (Å²) in [4.78, 5) is 31.8. The number of para-hydroxylation sites is 1. The van der Waals surface area contributed by atoms with Crippen LogP contribution >= 0.6 is 11.6 Å². The number of aromatic nitrogens is 4. The summed E-state index contributed by atoms with van der Waals surface area (Å²) < 4.78 is 0. The van der Waals surface area contributed by atoms with Crippen LogP contribution in [0.4, 0.5) is 11.5 Å². The molecule has 0 saturated carbocycles. The molecule has 1 aromatic carbocycles. The van der Waals surface area contributed by atoms with Crippen molar-refractivity contribution in [3.05, 3.63) is 41.9 Å². The lowest BCUT2D eigenvalue weighted by molar-refractivity contribution is -0.129. The Kier molecular flexibility index (Phi) is 4.57. The number of rotatable bonds is 4. The lowest BCUT2D eigenvalue weighted by atomic mass is 10.2. The molecule has 1 aliphatic rings. The van der Waals surface area contributed by atoms with Crippen LogP contribution in [-0.2, 0) is 4.79 Å². The standard InChI is InChI=1S/C17H18ClN7O/c18-17-22-15(14-16(23-17)21-11-20-14)19-10-13(26)25-8-6-24(7-9-25)12-4-2-1-3-5-12/h1-5,11H,6-10H2,(H2,19,20,21,22,23). The van der Waals surface area contributed by atoms with Crippen molar-refractivity contribution in [2.24, 2.45) is 0 Å². The number of anilines is 2. The number of piperazine rings is 1. The van der Waals surface area contributed by atoms with E-state index in [1.807, 2.05) is 23.1 Å². The largest absolute Gasteiger partial charge is 0.368 e. The number of benzene rings is 1. The highest BCUT2D eigenvalue weighted by molar-refractivity contribution is 6.28. The fourth-order valence-electron chi connectivity index (χ4n) is 3.06. The van der Waals surface area contributed by atoms with E-state index in [1.54, 1.807) is 0 Å². The van der Waals surface area contributed by atoms with Gasteiger partial charge in [-0.1, -0.05) is 18.2 Å². The van der Waals surface area contributed by atoms with Crippen LogP contribution in [0, 0.1) is 0 Å². The maximum absolute atomic E-state index is 12.5. The summed E-state index contributed by atoms with van der Waals surface area (Å²) in [6.07, 6.45) is 1.52. The number of imidazole rings is 1. The molecule has 3 heterocycles. The molecule has 1 amide bonds. The van der Waals surface area contributed by atoms with E-state index in [0.29, 0.717) is 30.1 Å². The Morgan fingerprint density at radius 3 is 2.69 bits per heavy atom. The highest BCUT2D eigenvalue weighted by Gasteiger charge is 2.21. The Bertz CT molecular complexity index is 906. The number of halogens is 1. The third-order valence-electron chi connectivity index (χ3n) is 4.42. The Morgan fingerprint density at radius 1 is 1.15 bits per heavy atom. The van der Waals surface area contributed by atoms with Crippen LogP contribution in [0.1, 0.15) is 0 Å². The van der Waals surface area contributed by atoms with Gasteiger partial charge in [0.25, 0.3) is 0 Å². The highest BCUT2D eigenvalue weighted by atomic mass is 35.5. The third kappa shape index (κ3) is 3.41. The maximum Gasteiger partial charge on any atom is 0.242 e. The molecule has 2 N–H and O–H groups in total. The number of carbonyl (C=O) groups is 1. The fourth-order valence-corrected chi connectivity index (χ4v) is 3.22. The molecule has 0 bridgehead atoms. The van der Waals surface area contributed by atoms with Crippen LogP contribution in [-0.4, -0.2) is 63.5 Å². The van der Waals surface area contributed by atoms with Gasteiger partial charge in [0.1, 0.15) is 5.52 Å². The van der Waals surface area contributed by atoms with Gasteiger partial charge in [-0.05, 0) is 23.7 Å². The van der Waals surface area contributed by atoms with E-state index in [4.69, 9.17) is 11.6 Å². The number of nitrogens with one attached hydrogen (secondary N) is 2. The summed E-state index contributed by atoms with van der Waals surface area (Å²) >= 11 is 5.90. The first-order chi connectivity index (χ1) is 12.7. The van der Waals surface area contributed by atoms with E-state index in [-0.39, 0.29) is 17.7 Å². The quantitative estimate of drug-likeness (QED) is 0.679. The Balaban J connectivity index is 1.35. The van der Waals surface area contributed by atoms with Crippen LogP contribution in [0.25, 0.3) is 11.2 Å². The monoisotopic (exact) mass is 371 g/mol. The van der Waals surface area contributed by atoms with Crippen LogP contribution in [0.15, 0.2) is 36.7 Å². The molecule has 4 rings (SSSR count). The van der Waals surface area contributed by atoms with Crippen molar-refractivity contribution in [2.75, 3.05) is 42.9 Å². The van der Waals surface area contributed by atoms with Gasteiger partial charge in [-0.3, -0.25) is 4.79 Å². The van der Waals surface area contributed by atoms with Crippen molar-refractivity contribution in [1.29, 1.82) is 0 Å². The van der Waals surface area contributed by atoms with Gasteiger partial charge >= 0.3 is 0 Å². The fraction of sp³-hybridized carbons (Fsp3) is 0.294. The average molecular weight is 372 g/mol. The van der Waals surface area contributed by atoms with Crippen molar-refractivity contribution in [3.63, 3.8) is 0 Å². The lowest BCUT2D eigenvalue weighted by Gasteiger charge is -2.36. The minimum Gasteiger partial charge on any atom is -0.368 e. The second-order valence-corrected chi connectivity index (χ2v) is 6.34. The predicted octanol–water partition coefficient (Wildman–Crippen LogP) is 1.77. The second kappa shape index (κ2) is 7.17. The second-order valence-electron chi connectivity index (χ2n) is 6.00. The molecule has 3 aromatic rings. The lowest BCUT2D eigenvalue weighted by Crippen LogP contribution is -2.50. The van der Waals surface area contributed by atoms with Gasteiger partial charge in [0.15, 0.2) is 11.5 Å². The molecular formula is C17H18ClN7O. The average Bonchev–Trinajstić information content (AvgIpc) is 3.15. The van der Waals surface area contributed by atoms with E-state index in [2.05, 4.69) is 42.3 Å². The van der Waals surface area contributed by atoms with Crippen LogP contribution < -0.4 is 10.2 Å². The number of fused-ring (bicyclic) bond motifs is 1. The van der Waals surface area contributed by atoms with Gasteiger partial charge < -0.3 is 20.1 Å². The molecule has 134 valence electrons. The molecule has 1 fully saturated rings. The molecule has 0 aliphatic carbocycles. The molecule has 0 radical (unpaired) electrons. The van der Waals surface area contributed by atoms with Gasteiger partial charge in [-0.2, -0.15) is 9.97 Å². The van der Waals surface area contributed by atoms with E-state index >= 15 is 0 Å². The van der Waals surface area contributed by atoms with Gasteiger partial charge in [0.05, 0.1) is 12.9 Å². The van der Waals surface area contributed by atoms with E-state index in [0.717, 1.165) is 13.1 Å². The molecule has 26 heavy (non-hydrogen) atoms. The van der Waals surface area contributed by atoms with Gasteiger partial charge in [-0.15, -0.1) is 0 Å². The van der Waals surface area contributed by atoms with Crippen LogP contribution in [0.5, 0.6) is 0 Å². The molecule has 0 unspecified atom stereocenters. The Morgan fingerprint density at radius 2 is 1.92 bits per heavy atom. The summed E-state index contributed by atoms with van der Waals surface area (Å²) in [5, 5.41) is 3.14. The Labute approximate surface area is 155 Å². The van der Waals surface area contributed by atoms with Crippen LogP contribution in [0.3, 0.4) is 0 Å². The minimum absolute atomic E-state index is 0.0279. The van der Waals surface area contributed by atoms with Crippen molar-refractivity contribution < 1.29 is 4.79 Å². The molecule has 1 aliphatic heterocycles. The normalized spacial score (nSPS) is 14.7. The number of nitrogens with zero attached hydrogens (tertiary/aromatic N) is 5. The number of aromatic amines is 1. The summed E-state index contributed by atoms with van der Waals surface area (Å²) in [5.41, 5.74) is 2.29. The maximum atomic E-state index is 12.5. The number of amides is 1. The van der Waals surface area contributed by atoms with Crippen molar-refractivity contribution in [3.8, 4) is 0 Å². The van der Waals surface area contributed by atoms with E-state index in [1.165, 1.54) is 12.0 Å². The predicted molar refractivity (Wildman–Crippen MR) is 100 cm³/mol. The van der Waals surface area contributed by atoms with E-state index in [9.17, 15) is 4.79 Å². The van der Waals surface area contributed by atoms with Crippen LogP contribution in [0.2, 0.25) is 5.28 Å². The van der Waals surface area contributed by atoms with Gasteiger partial charge in [0.2, 0.25) is 11.2 Å². The molecular weight excluding hydrogens is 354 g/mol. The summed E-state index contributed by atoms with van der Waals surface area (Å²) in [7, 11) is 0. The van der Waals surface area contributed by atoms with Crippen molar-refractivity contribution in [2.45, 2.75) is 0 Å². The smallest absolute Gasteiger partial charge is 0.242 e. The zero-order chi connectivity index (χ0) is 17.9. The first-order valence-corrected chi connectivity index (χ1v) is 8.77.